The van der Waals surface area contributed by atoms with Gasteiger partial charge < -0.3 is 9.64 Å². The second-order valence-corrected chi connectivity index (χ2v) is 7.05. The lowest BCUT2D eigenvalue weighted by atomic mass is 10.0. The molecule has 0 saturated carbocycles. The zero-order chi connectivity index (χ0) is 18.1. The predicted octanol–water partition coefficient (Wildman–Crippen LogP) is 2.45. The van der Waals surface area contributed by atoms with Gasteiger partial charge in [0.05, 0.1) is 18.8 Å². The van der Waals surface area contributed by atoms with Crippen LogP contribution in [0.15, 0.2) is 30.5 Å². The maximum absolute atomic E-state index is 12.8. The van der Waals surface area contributed by atoms with Crippen molar-refractivity contribution in [1.29, 1.82) is 0 Å². The summed E-state index contributed by atoms with van der Waals surface area (Å²) in [6.45, 7) is 2.35. The molecule has 1 atom stereocenters. The third kappa shape index (κ3) is 3.17. The van der Waals surface area contributed by atoms with Crippen LogP contribution < -0.4 is 4.74 Å². The highest BCUT2D eigenvalue weighted by atomic mass is 16.5. The molecule has 1 aromatic heterocycles. The van der Waals surface area contributed by atoms with E-state index in [2.05, 4.69) is 16.9 Å². The van der Waals surface area contributed by atoms with Gasteiger partial charge in [-0.2, -0.15) is 0 Å². The predicted molar refractivity (Wildman–Crippen MR) is 98.1 cm³/mol. The van der Waals surface area contributed by atoms with Crippen LogP contribution in [0.1, 0.15) is 46.3 Å². The summed E-state index contributed by atoms with van der Waals surface area (Å²) in [5.41, 5.74) is 2.79. The third-order valence-corrected chi connectivity index (χ3v) is 5.37. The third-order valence-electron chi connectivity index (χ3n) is 5.37. The SMILES string of the molecule is COc1cccc(C(=O)N2CCc3nc(C4CCCN4C)ncc3C2)c1. The molecule has 1 amide bonds. The molecule has 6 nitrogen and oxygen atoms in total. The summed E-state index contributed by atoms with van der Waals surface area (Å²) >= 11 is 0. The van der Waals surface area contributed by atoms with Crippen molar-refractivity contribution < 1.29 is 9.53 Å². The zero-order valence-corrected chi connectivity index (χ0v) is 15.3. The highest BCUT2D eigenvalue weighted by Crippen LogP contribution is 2.29. The number of rotatable bonds is 3. The van der Waals surface area contributed by atoms with E-state index in [1.165, 1.54) is 6.42 Å². The van der Waals surface area contributed by atoms with Crippen LogP contribution in [0, 0.1) is 0 Å². The first-order chi connectivity index (χ1) is 12.7. The number of nitrogens with zero attached hydrogens (tertiary/aromatic N) is 4. The van der Waals surface area contributed by atoms with E-state index in [9.17, 15) is 4.79 Å². The van der Waals surface area contributed by atoms with Crippen molar-refractivity contribution in [1.82, 2.24) is 19.8 Å². The highest BCUT2D eigenvalue weighted by Gasteiger charge is 2.28. The molecule has 1 fully saturated rings. The number of hydrogen-bond donors (Lipinski definition) is 0. The average Bonchev–Trinajstić information content (AvgIpc) is 3.12. The normalized spacial score (nSPS) is 20.1. The Bertz CT molecular complexity index is 823. The molecule has 1 unspecified atom stereocenters. The van der Waals surface area contributed by atoms with Crippen LogP contribution in [0.25, 0.3) is 0 Å². The number of aromatic nitrogens is 2. The standard InChI is InChI=1S/C20H24N4O2/c1-23-9-4-7-18(23)19-21-12-15-13-24(10-8-17(15)22-19)20(25)14-5-3-6-16(11-14)26-2/h3,5-6,11-12,18H,4,7-10,13H2,1-2H3. The summed E-state index contributed by atoms with van der Waals surface area (Å²) in [6, 6.07) is 7.63. The molecule has 3 heterocycles. The van der Waals surface area contributed by atoms with E-state index < -0.39 is 0 Å². The summed E-state index contributed by atoms with van der Waals surface area (Å²) < 4.78 is 5.22. The van der Waals surface area contributed by atoms with Crippen LogP contribution in [0.5, 0.6) is 5.75 Å². The molecule has 1 aromatic carbocycles. The van der Waals surface area contributed by atoms with Gasteiger partial charge >= 0.3 is 0 Å². The molecule has 0 radical (unpaired) electrons. The molecule has 4 rings (SSSR count). The molecular formula is C20H24N4O2. The molecule has 2 aromatic rings. The van der Waals surface area contributed by atoms with E-state index in [1.807, 2.05) is 29.3 Å². The Kier molecular flexibility index (Phi) is 4.59. The summed E-state index contributed by atoms with van der Waals surface area (Å²) in [5, 5.41) is 0. The monoisotopic (exact) mass is 352 g/mol. The molecule has 0 aliphatic carbocycles. The smallest absolute Gasteiger partial charge is 0.254 e. The van der Waals surface area contributed by atoms with Gasteiger partial charge in [-0.05, 0) is 44.6 Å². The maximum Gasteiger partial charge on any atom is 0.254 e. The fourth-order valence-corrected chi connectivity index (χ4v) is 3.84. The summed E-state index contributed by atoms with van der Waals surface area (Å²) in [7, 11) is 3.74. The minimum absolute atomic E-state index is 0.0224. The number of carbonyl (C=O) groups is 1. The number of benzene rings is 1. The van der Waals surface area contributed by atoms with Crippen molar-refractivity contribution in [3.63, 3.8) is 0 Å². The fraction of sp³-hybridized carbons (Fsp3) is 0.450. The zero-order valence-electron chi connectivity index (χ0n) is 15.3. The van der Waals surface area contributed by atoms with E-state index in [0.717, 1.165) is 36.5 Å². The van der Waals surface area contributed by atoms with Gasteiger partial charge in [-0.25, -0.2) is 9.97 Å². The van der Waals surface area contributed by atoms with E-state index in [-0.39, 0.29) is 5.91 Å². The van der Waals surface area contributed by atoms with Crippen LogP contribution >= 0.6 is 0 Å². The van der Waals surface area contributed by atoms with Crippen molar-refractivity contribution in [2.45, 2.75) is 31.8 Å². The first-order valence-corrected chi connectivity index (χ1v) is 9.14. The minimum atomic E-state index is 0.0224. The molecule has 2 aliphatic rings. The first-order valence-electron chi connectivity index (χ1n) is 9.14. The Hall–Kier alpha value is -2.47. The Morgan fingerprint density at radius 1 is 1.31 bits per heavy atom. The lowest BCUT2D eigenvalue weighted by molar-refractivity contribution is 0.0732. The minimum Gasteiger partial charge on any atom is -0.497 e. The molecule has 0 spiro atoms. The van der Waals surface area contributed by atoms with Crippen molar-refractivity contribution in [3.05, 3.63) is 53.1 Å². The molecule has 26 heavy (non-hydrogen) atoms. The van der Waals surface area contributed by atoms with Crippen LogP contribution in [-0.4, -0.2) is 52.9 Å². The molecule has 2 aliphatic heterocycles. The van der Waals surface area contributed by atoms with Crippen LogP contribution in [0.3, 0.4) is 0 Å². The second kappa shape index (κ2) is 7.03. The number of methoxy groups -OCH3 is 1. The summed E-state index contributed by atoms with van der Waals surface area (Å²) in [4.78, 5) is 26.4. The van der Waals surface area contributed by atoms with E-state index in [0.29, 0.717) is 30.4 Å². The fourth-order valence-electron chi connectivity index (χ4n) is 3.84. The topological polar surface area (TPSA) is 58.6 Å². The quantitative estimate of drug-likeness (QED) is 0.849. The van der Waals surface area contributed by atoms with Gasteiger partial charge in [0.1, 0.15) is 11.6 Å². The molecule has 0 bridgehead atoms. The van der Waals surface area contributed by atoms with E-state index >= 15 is 0 Å². The number of likely N-dealkylation sites (tertiary alicyclic amines) is 1. The van der Waals surface area contributed by atoms with Gasteiger partial charge in [-0.1, -0.05) is 6.07 Å². The largest absolute Gasteiger partial charge is 0.497 e. The molecule has 1 saturated heterocycles. The van der Waals surface area contributed by atoms with Gasteiger partial charge in [-0.15, -0.1) is 0 Å². The van der Waals surface area contributed by atoms with Gasteiger partial charge in [0.25, 0.3) is 5.91 Å². The molecular weight excluding hydrogens is 328 g/mol. The van der Waals surface area contributed by atoms with Gasteiger partial charge in [0.2, 0.25) is 0 Å². The maximum atomic E-state index is 12.8. The number of ether oxygens (including phenoxy) is 1. The molecule has 6 heteroatoms. The van der Waals surface area contributed by atoms with E-state index in [1.54, 1.807) is 13.2 Å². The van der Waals surface area contributed by atoms with Crippen molar-refractivity contribution in [2.24, 2.45) is 0 Å². The van der Waals surface area contributed by atoms with Crippen LogP contribution in [0.4, 0.5) is 0 Å². The lowest BCUT2D eigenvalue weighted by Gasteiger charge is -2.29. The van der Waals surface area contributed by atoms with Crippen LogP contribution in [0.2, 0.25) is 0 Å². The Morgan fingerprint density at radius 2 is 2.19 bits per heavy atom. The van der Waals surface area contributed by atoms with Crippen LogP contribution in [-0.2, 0) is 13.0 Å². The average molecular weight is 352 g/mol. The summed E-state index contributed by atoms with van der Waals surface area (Å²) in [6.07, 6.45) is 5.01. The Balaban J connectivity index is 1.51. The second-order valence-electron chi connectivity index (χ2n) is 7.05. The molecule has 0 N–H and O–H groups in total. The Morgan fingerprint density at radius 3 is 2.96 bits per heavy atom. The number of carbonyl (C=O) groups excluding carboxylic acids is 1. The highest BCUT2D eigenvalue weighted by molar-refractivity contribution is 5.94. The Labute approximate surface area is 153 Å². The van der Waals surface area contributed by atoms with E-state index in [4.69, 9.17) is 9.72 Å². The number of hydrogen-bond acceptors (Lipinski definition) is 5. The van der Waals surface area contributed by atoms with Gasteiger partial charge in [0, 0.05) is 36.8 Å². The van der Waals surface area contributed by atoms with Gasteiger partial charge in [-0.3, -0.25) is 9.69 Å². The van der Waals surface area contributed by atoms with Crippen molar-refractivity contribution in [3.8, 4) is 5.75 Å². The lowest BCUT2D eigenvalue weighted by Crippen LogP contribution is -2.36. The van der Waals surface area contributed by atoms with Crippen molar-refractivity contribution in [2.75, 3.05) is 27.2 Å². The molecule has 136 valence electrons. The van der Waals surface area contributed by atoms with Crippen molar-refractivity contribution >= 4 is 5.91 Å². The summed E-state index contributed by atoms with van der Waals surface area (Å²) in [5.74, 6) is 1.65. The number of fused-ring (bicyclic) bond motifs is 1. The number of amides is 1. The first kappa shape index (κ1) is 17.0. The van der Waals surface area contributed by atoms with Gasteiger partial charge in [0.15, 0.2) is 0 Å².